The number of pyridine rings is 3. The predicted octanol–water partition coefficient (Wildman–Crippen LogP) is 5.01. The molecule has 25 heavy (non-hydrogen) atoms. The van der Waals surface area contributed by atoms with Crippen LogP contribution in [-0.2, 0) is 0 Å². The Kier molecular flexibility index (Phi) is 4.01. The molecule has 0 fully saturated rings. The Morgan fingerprint density at radius 3 is 1.60 bits per heavy atom. The van der Waals surface area contributed by atoms with Gasteiger partial charge in [-0.15, -0.1) is 0 Å². The maximum atomic E-state index is 13.3. The lowest BCUT2D eigenvalue weighted by atomic mass is 10.0. The third kappa shape index (κ3) is 3.28. The Labute approximate surface area is 144 Å². The van der Waals surface area contributed by atoms with E-state index in [1.165, 1.54) is 12.1 Å². The van der Waals surface area contributed by atoms with Gasteiger partial charge in [0, 0.05) is 12.4 Å². The summed E-state index contributed by atoms with van der Waals surface area (Å²) in [6, 6.07) is 21.8. The van der Waals surface area contributed by atoms with Crippen LogP contribution in [0.2, 0.25) is 0 Å². The lowest BCUT2D eigenvalue weighted by molar-refractivity contribution is 0.628. The first-order valence-electron chi connectivity index (χ1n) is 7.90. The second kappa shape index (κ2) is 6.61. The van der Waals surface area contributed by atoms with E-state index >= 15 is 0 Å². The van der Waals surface area contributed by atoms with Crippen LogP contribution in [0.5, 0.6) is 0 Å². The van der Waals surface area contributed by atoms with Crippen molar-refractivity contribution < 1.29 is 4.39 Å². The number of benzene rings is 1. The Morgan fingerprint density at radius 2 is 1.12 bits per heavy atom. The van der Waals surface area contributed by atoms with E-state index in [9.17, 15) is 4.39 Å². The normalized spacial score (nSPS) is 10.6. The number of rotatable bonds is 3. The first kappa shape index (κ1) is 15.1. The summed E-state index contributed by atoms with van der Waals surface area (Å²) in [6.07, 6.45) is 3.48. The van der Waals surface area contributed by atoms with Gasteiger partial charge >= 0.3 is 0 Å². The van der Waals surface area contributed by atoms with Gasteiger partial charge in [-0.3, -0.25) is 9.97 Å². The fraction of sp³-hybridized carbons (Fsp3) is 0. The van der Waals surface area contributed by atoms with Gasteiger partial charge in [0.15, 0.2) is 0 Å². The van der Waals surface area contributed by atoms with Crippen molar-refractivity contribution in [3.05, 3.63) is 91.0 Å². The van der Waals surface area contributed by atoms with E-state index in [0.29, 0.717) is 0 Å². The maximum Gasteiger partial charge on any atom is 0.123 e. The smallest absolute Gasteiger partial charge is 0.123 e. The summed E-state index contributed by atoms with van der Waals surface area (Å²) >= 11 is 0. The van der Waals surface area contributed by atoms with Crippen LogP contribution >= 0.6 is 0 Å². The zero-order valence-corrected chi connectivity index (χ0v) is 13.3. The Hall–Kier alpha value is -3.40. The van der Waals surface area contributed by atoms with Gasteiger partial charge in [-0.05, 0) is 59.7 Å². The van der Waals surface area contributed by atoms with Gasteiger partial charge in [-0.25, -0.2) is 9.37 Å². The van der Waals surface area contributed by atoms with Crippen molar-refractivity contribution in [2.75, 3.05) is 0 Å². The molecular formula is C21H14FN3. The Bertz CT molecular complexity index is 927. The third-order valence-electron chi connectivity index (χ3n) is 3.86. The second-order valence-corrected chi connectivity index (χ2v) is 5.56. The van der Waals surface area contributed by atoms with Crippen molar-refractivity contribution in [2.45, 2.75) is 0 Å². The van der Waals surface area contributed by atoms with Crippen molar-refractivity contribution in [3.8, 4) is 33.9 Å². The quantitative estimate of drug-likeness (QED) is 0.531. The van der Waals surface area contributed by atoms with Gasteiger partial charge in [-0.1, -0.05) is 24.3 Å². The van der Waals surface area contributed by atoms with E-state index in [2.05, 4.69) is 9.97 Å². The van der Waals surface area contributed by atoms with Crippen molar-refractivity contribution in [2.24, 2.45) is 0 Å². The summed E-state index contributed by atoms with van der Waals surface area (Å²) in [6.45, 7) is 0. The molecule has 0 saturated heterocycles. The summed E-state index contributed by atoms with van der Waals surface area (Å²) in [5.41, 5.74) is 4.92. The summed E-state index contributed by atoms with van der Waals surface area (Å²) in [7, 11) is 0. The predicted molar refractivity (Wildman–Crippen MR) is 96.1 cm³/mol. The molecule has 4 rings (SSSR count). The first-order valence-corrected chi connectivity index (χ1v) is 7.90. The van der Waals surface area contributed by atoms with Crippen LogP contribution in [0, 0.1) is 5.82 Å². The molecule has 3 heterocycles. The summed E-state index contributed by atoms with van der Waals surface area (Å²) in [5.74, 6) is -0.257. The Morgan fingerprint density at radius 1 is 0.560 bits per heavy atom. The zero-order valence-electron chi connectivity index (χ0n) is 13.3. The van der Waals surface area contributed by atoms with Crippen molar-refractivity contribution >= 4 is 0 Å². The zero-order chi connectivity index (χ0) is 17.1. The van der Waals surface area contributed by atoms with E-state index in [-0.39, 0.29) is 5.82 Å². The fourth-order valence-electron chi connectivity index (χ4n) is 2.63. The largest absolute Gasteiger partial charge is 0.255 e. The fourth-order valence-corrected chi connectivity index (χ4v) is 2.63. The number of halogens is 1. The number of hydrogen-bond acceptors (Lipinski definition) is 3. The molecule has 4 aromatic rings. The number of aromatic nitrogens is 3. The molecule has 0 aliphatic heterocycles. The lowest BCUT2D eigenvalue weighted by Gasteiger charge is -2.09. The molecule has 0 atom stereocenters. The SMILES string of the molecule is Fc1ccc(-c2cc(-c3ccccn3)nc(-c3ccccn3)c2)cc1. The van der Waals surface area contributed by atoms with Gasteiger partial charge in [0.05, 0.1) is 22.8 Å². The van der Waals surface area contributed by atoms with Crippen LogP contribution in [0.4, 0.5) is 4.39 Å². The van der Waals surface area contributed by atoms with Crippen LogP contribution in [-0.4, -0.2) is 15.0 Å². The minimum absolute atomic E-state index is 0.257. The minimum atomic E-state index is -0.257. The molecule has 0 bridgehead atoms. The highest BCUT2D eigenvalue weighted by Crippen LogP contribution is 2.28. The molecule has 0 saturated carbocycles. The Balaban J connectivity index is 1.90. The second-order valence-electron chi connectivity index (χ2n) is 5.56. The highest BCUT2D eigenvalue weighted by atomic mass is 19.1. The standard InChI is InChI=1S/C21H14FN3/c22-17-9-7-15(8-10-17)16-13-20(18-5-1-3-11-23-18)25-21(14-16)19-6-2-4-12-24-19/h1-14H. The van der Waals surface area contributed by atoms with Gasteiger partial charge in [0.2, 0.25) is 0 Å². The molecule has 3 nitrogen and oxygen atoms in total. The van der Waals surface area contributed by atoms with Crippen LogP contribution in [0.25, 0.3) is 33.9 Å². The van der Waals surface area contributed by atoms with E-state index in [1.807, 2.05) is 48.5 Å². The van der Waals surface area contributed by atoms with Gasteiger partial charge < -0.3 is 0 Å². The van der Waals surface area contributed by atoms with Crippen LogP contribution in [0.15, 0.2) is 85.2 Å². The monoisotopic (exact) mass is 327 g/mol. The molecule has 3 aromatic heterocycles. The topological polar surface area (TPSA) is 38.7 Å². The molecule has 0 amide bonds. The van der Waals surface area contributed by atoms with Crippen LogP contribution < -0.4 is 0 Å². The number of nitrogens with zero attached hydrogens (tertiary/aromatic N) is 3. The minimum Gasteiger partial charge on any atom is -0.255 e. The summed E-state index contributed by atoms with van der Waals surface area (Å²) < 4.78 is 13.3. The highest BCUT2D eigenvalue weighted by Gasteiger charge is 2.10. The van der Waals surface area contributed by atoms with Crippen molar-refractivity contribution in [1.29, 1.82) is 0 Å². The highest BCUT2D eigenvalue weighted by molar-refractivity contribution is 5.74. The number of hydrogen-bond donors (Lipinski definition) is 0. The van der Waals surface area contributed by atoms with Gasteiger partial charge in [0.25, 0.3) is 0 Å². The van der Waals surface area contributed by atoms with Crippen molar-refractivity contribution in [1.82, 2.24) is 15.0 Å². The molecular weight excluding hydrogens is 313 g/mol. The van der Waals surface area contributed by atoms with E-state index < -0.39 is 0 Å². The van der Waals surface area contributed by atoms with E-state index in [0.717, 1.165) is 33.9 Å². The average Bonchev–Trinajstić information content (AvgIpc) is 2.69. The van der Waals surface area contributed by atoms with Gasteiger partial charge in [-0.2, -0.15) is 0 Å². The molecule has 0 N–H and O–H groups in total. The molecule has 0 radical (unpaired) electrons. The molecule has 4 heteroatoms. The third-order valence-corrected chi connectivity index (χ3v) is 3.86. The molecule has 0 aliphatic carbocycles. The molecule has 0 unspecified atom stereocenters. The lowest BCUT2D eigenvalue weighted by Crippen LogP contribution is -1.93. The molecule has 120 valence electrons. The summed E-state index contributed by atoms with van der Waals surface area (Å²) in [5, 5.41) is 0. The van der Waals surface area contributed by atoms with E-state index in [1.54, 1.807) is 24.5 Å². The van der Waals surface area contributed by atoms with Gasteiger partial charge in [0.1, 0.15) is 5.82 Å². The van der Waals surface area contributed by atoms with Crippen molar-refractivity contribution in [3.63, 3.8) is 0 Å². The summed E-state index contributed by atoms with van der Waals surface area (Å²) in [4.78, 5) is 13.5. The first-order chi connectivity index (χ1) is 12.3. The average molecular weight is 327 g/mol. The molecule has 1 aromatic carbocycles. The van der Waals surface area contributed by atoms with E-state index in [4.69, 9.17) is 4.98 Å². The molecule has 0 aliphatic rings. The van der Waals surface area contributed by atoms with Crippen LogP contribution in [0.3, 0.4) is 0 Å². The van der Waals surface area contributed by atoms with Crippen LogP contribution in [0.1, 0.15) is 0 Å². The molecule has 0 spiro atoms. The maximum absolute atomic E-state index is 13.3.